The van der Waals surface area contributed by atoms with Crippen LogP contribution in [0, 0.1) is 0 Å². The van der Waals surface area contributed by atoms with Crippen molar-refractivity contribution < 1.29 is 47.2 Å². The third-order valence-corrected chi connectivity index (χ3v) is 4.04. The van der Waals surface area contributed by atoms with Gasteiger partial charge in [-0.2, -0.15) is 8.42 Å². The number of aliphatic hydroxyl groups is 4. The normalized spacial score (nSPS) is 29.5. The van der Waals surface area contributed by atoms with Crippen molar-refractivity contribution in [2.75, 3.05) is 13.2 Å². The largest absolute Gasteiger partial charge is 0.466 e. The molecule has 0 saturated carbocycles. The van der Waals surface area contributed by atoms with Gasteiger partial charge in [-0.05, 0) is 5.56 Å². The van der Waals surface area contributed by atoms with Crippen LogP contribution in [0.5, 0.6) is 0 Å². The first-order valence-electron chi connectivity index (χ1n) is 7.89. The fraction of sp³-hybridized carbons (Fsp3) is 0.533. The molecule has 1 saturated heterocycles. The molecule has 1 aliphatic heterocycles. The van der Waals surface area contributed by atoms with Gasteiger partial charge in [0.25, 0.3) is 0 Å². The molecule has 0 spiro atoms. The van der Waals surface area contributed by atoms with Crippen LogP contribution in [0.1, 0.15) is 5.56 Å². The van der Waals surface area contributed by atoms with Crippen LogP contribution in [-0.4, -0.2) is 83.0 Å². The lowest BCUT2D eigenvalue weighted by molar-refractivity contribution is -0.297. The van der Waals surface area contributed by atoms with Crippen LogP contribution in [0.2, 0.25) is 0 Å². The molecule has 0 aliphatic carbocycles. The maximum absolute atomic E-state index is 10.7. The molecule has 1 heterocycles. The zero-order valence-electron chi connectivity index (χ0n) is 14.0. The van der Waals surface area contributed by atoms with Crippen LogP contribution in [0.15, 0.2) is 35.5 Å². The Morgan fingerprint density at radius 3 is 2.37 bits per heavy atom. The van der Waals surface area contributed by atoms with E-state index in [1.54, 1.807) is 30.3 Å². The summed E-state index contributed by atoms with van der Waals surface area (Å²) in [5.74, 6) is 0. The highest BCUT2D eigenvalue weighted by Crippen LogP contribution is 2.22. The van der Waals surface area contributed by atoms with Gasteiger partial charge in [-0.25, -0.2) is 4.28 Å². The third kappa shape index (κ3) is 6.48. The highest BCUT2D eigenvalue weighted by Gasteiger charge is 2.44. The summed E-state index contributed by atoms with van der Waals surface area (Å²) in [5, 5.41) is 41.9. The quantitative estimate of drug-likeness (QED) is 0.188. The van der Waals surface area contributed by atoms with E-state index in [1.165, 1.54) is 0 Å². The summed E-state index contributed by atoms with van der Waals surface area (Å²) < 4.78 is 44.6. The van der Waals surface area contributed by atoms with E-state index in [1.807, 2.05) is 0 Å². The van der Waals surface area contributed by atoms with E-state index >= 15 is 0 Å². The van der Waals surface area contributed by atoms with E-state index < -0.39 is 54.3 Å². The van der Waals surface area contributed by atoms with E-state index in [0.717, 1.165) is 5.56 Å². The summed E-state index contributed by atoms with van der Waals surface area (Å²) in [6.45, 7) is -1.02. The lowest BCUT2D eigenvalue weighted by Gasteiger charge is -2.39. The second kappa shape index (κ2) is 9.52. The van der Waals surface area contributed by atoms with Crippen LogP contribution in [0.4, 0.5) is 0 Å². The average Bonchev–Trinajstić information content (AvgIpc) is 2.63. The van der Waals surface area contributed by atoms with Crippen molar-refractivity contribution in [1.29, 1.82) is 0 Å². The lowest BCUT2D eigenvalue weighted by atomic mass is 9.99. The number of aliphatic hydroxyl groups excluding tert-OH is 4. The van der Waals surface area contributed by atoms with E-state index in [4.69, 9.17) is 19.1 Å². The minimum atomic E-state index is -4.82. The minimum absolute atomic E-state index is 0.0239. The Labute approximate surface area is 155 Å². The molecule has 12 heteroatoms. The fourth-order valence-electron chi connectivity index (χ4n) is 2.42. The van der Waals surface area contributed by atoms with Crippen molar-refractivity contribution >= 4 is 16.1 Å². The number of oxime groups is 1. The monoisotopic (exact) mass is 407 g/mol. The van der Waals surface area contributed by atoms with Crippen LogP contribution in [-0.2, 0) is 30.6 Å². The molecule has 0 radical (unpaired) electrons. The predicted octanol–water partition coefficient (Wildman–Crippen LogP) is -1.78. The number of nitrogens with zero attached hydrogens (tertiary/aromatic N) is 1. The first kappa shape index (κ1) is 21.7. The molecule has 1 aromatic carbocycles. The van der Waals surface area contributed by atoms with E-state index in [2.05, 4.69) is 9.44 Å². The van der Waals surface area contributed by atoms with Crippen LogP contribution < -0.4 is 0 Å². The van der Waals surface area contributed by atoms with E-state index in [9.17, 15) is 23.7 Å². The van der Waals surface area contributed by atoms with Crippen molar-refractivity contribution in [2.24, 2.45) is 5.16 Å². The van der Waals surface area contributed by atoms with Gasteiger partial charge in [0.15, 0.2) is 6.29 Å². The summed E-state index contributed by atoms with van der Waals surface area (Å²) in [4.78, 5) is 0. The van der Waals surface area contributed by atoms with Gasteiger partial charge in [0.1, 0.15) is 24.4 Å². The fourth-order valence-corrected chi connectivity index (χ4v) is 2.62. The third-order valence-electron chi connectivity index (χ3n) is 3.77. The molecule has 0 bridgehead atoms. The Kier molecular flexibility index (Phi) is 7.64. The van der Waals surface area contributed by atoms with E-state index in [-0.39, 0.29) is 12.1 Å². The molecule has 1 fully saturated rings. The van der Waals surface area contributed by atoms with Crippen LogP contribution >= 0.6 is 0 Å². The first-order chi connectivity index (χ1) is 12.7. The molecule has 5 N–H and O–H groups in total. The Balaban J connectivity index is 2.08. The molecule has 0 amide bonds. The molecule has 5 atom stereocenters. The highest BCUT2D eigenvalue weighted by molar-refractivity contribution is 7.80. The summed E-state index contributed by atoms with van der Waals surface area (Å²) in [6, 6.07) is 8.73. The highest BCUT2D eigenvalue weighted by atomic mass is 32.3. The second-order valence-electron chi connectivity index (χ2n) is 5.83. The summed E-state index contributed by atoms with van der Waals surface area (Å²) in [7, 11) is -4.82. The summed E-state index contributed by atoms with van der Waals surface area (Å²) in [6.07, 6.45) is -7.27. The van der Waals surface area contributed by atoms with Gasteiger partial charge in [0.2, 0.25) is 0 Å². The van der Waals surface area contributed by atoms with Crippen LogP contribution in [0.3, 0.4) is 0 Å². The molecular formula is C15H21NO10S. The second-order valence-corrected chi connectivity index (χ2v) is 6.83. The van der Waals surface area contributed by atoms with Crippen molar-refractivity contribution in [3.8, 4) is 0 Å². The number of rotatable bonds is 8. The first-order valence-corrected chi connectivity index (χ1v) is 9.25. The molecule has 152 valence electrons. The molecule has 11 nitrogen and oxygen atoms in total. The zero-order chi connectivity index (χ0) is 20.0. The molecule has 27 heavy (non-hydrogen) atoms. The summed E-state index contributed by atoms with van der Waals surface area (Å²) in [5.41, 5.74) is 0.753. The van der Waals surface area contributed by atoms with Gasteiger partial charge in [-0.15, -0.1) is 0 Å². The number of benzene rings is 1. The maximum atomic E-state index is 10.7. The maximum Gasteiger partial charge on any atom is 0.466 e. The number of hydrogen-bond donors (Lipinski definition) is 5. The Morgan fingerprint density at radius 1 is 1.11 bits per heavy atom. The van der Waals surface area contributed by atoms with Crippen LogP contribution in [0.25, 0.3) is 0 Å². The van der Waals surface area contributed by atoms with Crippen molar-refractivity contribution in [3.05, 3.63) is 35.9 Å². The SMILES string of the molecule is O=S(=O)(O)O/N=C(/CO[C@@H]1O[C@H](CO)[C@@H](O)[C@H](O)[C@H]1O)Cc1ccccc1. The Morgan fingerprint density at radius 2 is 1.78 bits per heavy atom. The molecular weight excluding hydrogens is 386 g/mol. The Bertz CT molecular complexity index is 723. The molecule has 1 aromatic rings. The molecule has 0 aromatic heterocycles. The van der Waals surface area contributed by atoms with Gasteiger partial charge in [0.05, 0.1) is 18.9 Å². The van der Waals surface area contributed by atoms with Crippen molar-refractivity contribution in [1.82, 2.24) is 0 Å². The molecule has 0 unspecified atom stereocenters. The van der Waals surface area contributed by atoms with Crippen molar-refractivity contribution in [3.63, 3.8) is 0 Å². The average molecular weight is 407 g/mol. The minimum Gasteiger partial charge on any atom is -0.394 e. The summed E-state index contributed by atoms with van der Waals surface area (Å²) >= 11 is 0. The smallest absolute Gasteiger partial charge is 0.394 e. The number of ether oxygens (including phenoxy) is 2. The zero-order valence-corrected chi connectivity index (χ0v) is 14.8. The topological polar surface area (TPSA) is 175 Å². The standard InChI is InChI=1S/C15H21NO10S/c17-7-11-12(18)13(19)14(20)15(25-11)24-8-10(16-26-27(21,22)23)6-9-4-2-1-3-5-9/h1-5,11-15,17-20H,6-8H2,(H,21,22,23)/b16-10+/t11-,12-,13+,14-,15-/m1/s1. The van der Waals surface area contributed by atoms with Gasteiger partial charge in [-0.3, -0.25) is 4.55 Å². The lowest BCUT2D eigenvalue weighted by Crippen LogP contribution is -2.59. The van der Waals surface area contributed by atoms with E-state index in [0.29, 0.717) is 0 Å². The van der Waals surface area contributed by atoms with Gasteiger partial charge in [-0.1, -0.05) is 35.5 Å². The van der Waals surface area contributed by atoms with Gasteiger partial charge < -0.3 is 29.9 Å². The number of hydrogen-bond acceptors (Lipinski definition) is 10. The molecule has 2 rings (SSSR count). The van der Waals surface area contributed by atoms with Gasteiger partial charge in [0, 0.05) is 6.42 Å². The molecule has 1 aliphatic rings. The Hall–Kier alpha value is -1.64. The van der Waals surface area contributed by atoms with Crippen molar-refractivity contribution in [2.45, 2.75) is 37.1 Å². The van der Waals surface area contributed by atoms with Gasteiger partial charge >= 0.3 is 10.4 Å². The predicted molar refractivity (Wildman–Crippen MR) is 89.9 cm³/mol.